The van der Waals surface area contributed by atoms with E-state index in [1.54, 1.807) is 7.11 Å². The van der Waals surface area contributed by atoms with Crippen LogP contribution in [0.15, 0.2) is 40.9 Å². The first-order valence-corrected chi connectivity index (χ1v) is 6.37. The molecule has 94 valence electrons. The van der Waals surface area contributed by atoms with Crippen molar-refractivity contribution in [1.82, 2.24) is 0 Å². The van der Waals surface area contributed by atoms with E-state index in [1.807, 2.05) is 43.3 Å². The molecule has 2 aromatic carbocycles. The average Bonchev–Trinajstić information content (AvgIpc) is 2.37. The number of methoxy groups -OCH3 is 1. The number of benzene rings is 2. The summed E-state index contributed by atoms with van der Waals surface area (Å²) in [6.45, 7) is 1.99. The van der Waals surface area contributed by atoms with Crippen molar-refractivity contribution < 1.29 is 4.74 Å². The Morgan fingerprint density at radius 2 is 1.94 bits per heavy atom. The molecule has 0 aliphatic carbocycles. The lowest BCUT2D eigenvalue weighted by Gasteiger charge is -2.13. The summed E-state index contributed by atoms with van der Waals surface area (Å²) >= 11 is 3.51. The second-order valence-electron chi connectivity index (χ2n) is 3.99. The van der Waals surface area contributed by atoms with Gasteiger partial charge in [0.05, 0.1) is 12.8 Å². The Hall–Kier alpha value is -1.68. The van der Waals surface area contributed by atoms with Crippen molar-refractivity contribution in [3.05, 3.63) is 46.4 Å². The van der Waals surface area contributed by atoms with Crippen molar-refractivity contribution in [3.8, 4) is 5.75 Å². The van der Waals surface area contributed by atoms with Gasteiger partial charge in [0, 0.05) is 21.9 Å². The highest BCUT2D eigenvalue weighted by molar-refractivity contribution is 9.10. The molecule has 0 fully saturated rings. The smallest absolute Gasteiger partial charge is 0.121 e. The molecule has 3 nitrogen and oxygen atoms in total. The Morgan fingerprint density at radius 3 is 2.67 bits per heavy atom. The molecular formula is C14H15BrN2O. The van der Waals surface area contributed by atoms with Crippen LogP contribution in [0.1, 0.15) is 5.56 Å². The van der Waals surface area contributed by atoms with E-state index in [1.165, 1.54) is 0 Å². The van der Waals surface area contributed by atoms with Crippen molar-refractivity contribution >= 4 is 33.0 Å². The van der Waals surface area contributed by atoms with Gasteiger partial charge in [-0.3, -0.25) is 0 Å². The minimum Gasteiger partial charge on any atom is -0.497 e. The van der Waals surface area contributed by atoms with E-state index in [4.69, 9.17) is 10.5 Å². The molecular weight excluding hydrogens is 292 g/mol. The van der Waals surface area contributed by atoms with Gasteiger partial charge in [0.2, 0.25) is 0 Å². The third-order valence-corrected chi connectivity index (χ3v) is 3.51. The first-order valence-electron chi connectivity index (χ1n) is 5.57. The number of halogens is 1. The molecule has 0 heterocycles. The largest absolute Gasteiger partial charge is 0.497 e. The summed E-state index contributed by atoms with van der Waals surface area (Å²) in [4.78, 5) is 0. The number of hydrogen-bond donors (Lipinski definition) is 2. The lowest BCUT2D eigenvalue weighted by atomic mass is 10.1. The summed E-state index contributed by atoms with van der Waals surface area (Å²) in [6, 6.07) is 11.6. The minimum atomic E-state index is 0.777. The number of anilines is 3. The molecule has 18 heavy (non-hydrogen) atoms. The number of ether oxygens (including phenoxy) is 1. The summed E-state index contributed by atoms with van der Waals surface area (Å²) < 4.78 is 6.19. The summed E-state index contributed by atoms with van der Waals surface area (Å²) in [7, 11) is 1.65. The van der Waals surface area contributed by atoms with Crippen molar-refractivity contribution in [3.63, 3.8) is 0 Å². The van der Waals surface area contributed by atoms with Crippen molar-refractivity contribution in [1.29, 1.82) is 0 Å². The van der Waals surface area contributed by atoms with Crippen molar-refractivity contribution in [2.75, 3.05) is 18.2 Å². The zero-order valence-corrected chi connectivity index (χ0v) is 11.9. The maximum absolute atomic E-state index is 5.89. The number of hydrogen-bond acceptors (Lipinski definition) is 3. The lowest BCUT2D eigenvalue weighted by Crippen LogP contribution is -1.98. The maximum Gasteiger partial charge on any atom is 0.121 e. The Labute approximate surface area is 115 Å². The van der Waals surface area contributed by atoms with E-state index in [0.717, 1.165) is 32.8 Å². The molecule has 0 aliphatic heterocycles. The average molecular weight is 307 g/mol. The Morgan fingerprint density at radius 1 is 1.17 bits per heavy atom. The number of nitrogens with two attached hydrogens (primary N) is 1. The highest BCUT2D eigenvalue weighted by Gasteiger charge is 2.05. The van der Waals surface area contributed by atoms with Gasteiger partial charge in [-0.15, -0.1) is 0 Å². The van der Waals surface area contributed by atoms with Gasteiger partial charge >= 0.3 is 0 Å². The van der Waals surface area contributed by atoms with Gasteiger partial charge in [-0.1, -0.05) is 6.07 Å². The second-order valence-corrected chi connectivity index (χ2v) is 4.84. The standard InChI is InChI=1S/C14H15BrN2O/c1-9-12(16)4-3-5-13(9)17-14-8-10(18-2)6-7-11(14)15/h3-8,17H,16H2,1-2H3. The van der Waals surface area contributed by atoms with Crippen LogP contribution in [0, 0.1) is 6.92 Å². The van der Waals surface area contributed by atoms with Crippen LogP contribution >= 0.6 is 15.9 Å². The molecule has 0 amide bonds. The highest BCUT2D eigenvalue weighted by atomic mass is 79.9. The molecule has 4 heteroatoms. The Balaban J connectivity index is 2.36. The van der Waals surface area contributed by atoms with E-state index >= 15 is 0 Å². The van der Waals surface area contributed by atoms with Crippen molar-refractivity contribution in [2.24, 2.45) is 0 Å². The van der Waals surface area contributed by atoms with Gasteiger partial charge in [0.15, 0.2) is 0 Å². The van der Waals surface area contributed by atoms with Gasteiger partial charge in [0.25, 0.3) is 0 Å². The Bertz CT molecular complexity index is 570. The maximum atomic E-state index is 5.89. The van der Waals surface area contributed by atoms with Crippen LogP contribution in [0.5, 0.6) is 5.75 Å². The molecule has 0 unspecified atom stereocenters. The summed E-state index contributed by atoms with van der Waals surface area (Å²) in [5.74, 6) is 0.808. The van der Waals surface area contributed by atoms with Crippen LogP contribution in [0.25, 0.3) is 0 Å². The molecule has 0 aromatic heterocycles. The van der Waals surface area contributed by atoms with E-state index in [9.17, 15) is 0 Å². The van der Waals surface area contributed by atoms with Gasteiger partial charge < -0.3 is 15.8 Å². The van der Waals surface area contributed by atoms with Crippen LogP contribution in [-0.2, 0) is 0 Å². The van der Waals surface area contributed by atoms with Gasteiger partial charge in [-0.05, 0) is 52.7 Å². The summed E-state index contributed by atoms with van der Waals surface area (Å²) in [6.07, 6.45) is 0. The third kappa shape index (κ3) is 2.59. The molecule has 0 saturated carbocycles. The molecule has 0 radical (unpaired) electrons. The van der Waals surface area contributed by atoms with Crippen LogP contribution in [0.3, 0.4) is 0 Å². The number of nitrogens with one attached hydrogen (secondary N) is 1. The molecule has 2 rings (SSSR count). The summed E-state index contributed by atoms with van der Waals surface area (Å²) in [5, 5.41) is 3.35. The van der Waals surface area contributed by atoms with Crippen LogP contribution in [0.4, 0.5) is 17.1 Å². The van der Waals surface area contributed by atoms with Gasteiger partial charge in [-0.2, -0.15) is 0 Å². The molecule has 0 spiro atoms. The van der Waals surface area contributed by atoms with E-state index in [0.29, 0.717) is 0 Å². The SMILES string of the molecule is COc1ccc(Br)c(Nc2cccc(N)c2C)c1. The zero-order chi connectivity index (χ0) is 13.1. The lowest BCUT2D eigenvalue weighted by molar-refractivity contribution is 0.415. The molecule has 0 atom stereocenters. The van der Waals surface area contributed by atoms with Crippen molar-refractivity contribution in [2.45, 2.75) is 6.92 Å². The second kappa shape index (κ2) is 5.31. The monoisotopic (exact) mass is 306 g/mol. The van der Waals surface area contributed by atoms with Crippen LogP contribution < -0.4 is 15.8 Å². The first kappa shape index (κ1) is 12.8. The van der Waals surface area contributed by atoms with E-state index in [2.05, 4.69) is 21.2 Å². The quantitative estimate of drug-likeness (QED) is 0.840. The summed E-state index contributed by atoms with van der Waals surface area (Å²) in [5.41, 5.74) is 9.64. The molecule has 3 N–H and O–H groups in total. The normalized spacial score (nSPS) is 10.2. The molecule has 0 aliphatic rings. The zero-order valence-electron chi connectivity index (χ0n) is 10.3. The first-order chi connectivity index (χ1) is 8.61. The predicted molar refractivity (Wildman–Crippen MR) is 79.6 cm³/mol. The predicted octanol–water partition coefficient (Wildman–Crippen LogP) is 4.09. The fourth-order valence-electron chi connectivity index (χ4n) is 1.66. The van der Waals surface area contributed by atoms with Gasteiger partial charge in [-0.25, -0.2) is 0 Å². The van der Waals surface area contributed by atoms with Crippen LogP contribution in [0.2, 0.25) is 0 Å². The number of nitrogen functional groups attached to an aromatic ring is 1. The van der Waals surface area contributed by atoms with Crippen LogP contribution in [-0.4, -0.2) is 7.11 Å². The molecule has 2 aromatic rings. The fourth-order valence-corrected chi connectivity index (χ4v) is 2.01. The van der Waals surface area contributed by atoms with Gasteiger partial charge in [0.1, 0.15) is 5.75 Å². The molecule has 0 bridgehead atoms. The minimum absolute atomic E-state index is 0.777. The Kier molecular flexibility index (Phi) is 3.77. The molecule has 0 saturated heterocycles. The topological polar surface area (TPSA) is 47.3 Å². The highest BCUT2D eigenvalue weighted by Crippen LogP contribution is 2.31. The van der Waals surface area contributed by atoms with E-state index in [-0.39, 0.29) is 0 Å². The van der Waals surface area contributed by atoms with E-state index < -0.39 is 0 Å². The fraction of sp³-hybridized carbons (Fsp3) is 0.143. The third-order valence-electron chi connectivity index (χ3n) is 2.82. The number of rotatable bonds is 3.